The third-order valence-corrected chi connectivity index (χ3v) is 8.51. The average molecular weight is 479 g/mol. The van der Waals surface area contributed by atoms with Crippen LogP contribution >= 0.6 is 23.5 Å². The number of para-hydroxylation sites is 1. The lowest BCUT2D eigenvalue weighted by Crippen LogP contribution is -2.40. The molecule has 170 valence electrons. The van der Waals surface area contributed by atoms with E-state index in [1.54, 1.807) is 11.8 Å². The van der Waals surface area contributed by atoms with Crippen LogP contribution in [0.4, 0.5) is 17.1 Å². The summed E-state index contributed by atoms with van der Waals surface area (Å²) in [5.74, 6) is -0.0485. The molecule has 1 saturated carbocycles. The monoisotopic (exact) mass is 478 g/mol. The van der Waals surface area contributed by atoms with Gasteiger partial charge in [-0.2, -0.15) is 0 Å². The van der Waals surface area contributed by atoms with E-state index in [1.807, 2.05) is 48.3 Å². The molecule has 0 bridgehead atoms. The number of anilines is 2. The van der Waals surface area contributed by atoms with Gasteiger partial charge < -0.3 is 10.2 Å². The van der Waals surface area contributed by atoms with Crippen molar-refractivity contribution in [3.63, 3.8) is 0 Å². The van der Waals surface area contributed by atoms with Crippen molar-refractivity contribution in [2.45, 2.75) is 50.0 Å². The van der Waals surface area contributed by atoms with E-state index in [-0.39, 0.29) is 17.9 Å². The molecule has 2 aromatic rings. The van der Waals surface area contributed by atoms with E-state index in [4.69, 9.17) is 4.99 Å². The van der Waals surface area contributed by atoms with Gasteiger partial charge in [0.1, 0.15) is 4.91 Å². The van der Waals surface area contributed by atoms with Crippen molar-refractivity contribution in [2.75, 3.05) is 17.3 Å². The predicted molar refractivity (Wildman–Crippen MR) is 137 cm³/mol. The second-order valence-electron chi connectivity index (χ2n) is 8.45. The highest BCUT2D eigenvalue weighted by Gasteiger charge is 2.42. The van der Waals surface area contributed by atoms with E-state index in [2.05, 4.69) is 22.3 Å². The number of hydrogen-bond donors (Lipinski definition) is 1. The van der Waals surface area contributed by atoms with Crippen molar-refractivity contribution in [2.24, 2.45) is 4.99 Å². The van der Waals surface area contributed by atoms with E-state index in [9.17, 15) is 9.59 Å². The maximum absolute atomic E-state index is 13.7. The Bertz CT molecular complexity index is 1150. The third kappa shape index (κ3) is 4.42. The molecule has 1 saturated heterocycles. The quantitative estimate of drug-likeness (QED) is 0.552. The van der Waals surface area contributed by atoms with Gasteiger partial charge >= 0.3 is 0 Å². The van der Waals surface area contributed by atoms with Crippen LogP contribution in [0, 0.1) is 0 Å². The minimum absolute atomic E-state index is 0.0580. The third-order valence-electron chi connectivity index (χ3n) is 6.10. The van der Waals surface area contributed by atoms with Crippen LogP contribution in [0.1, 0.15) is 39.0 Å². The molecule has 8 heteroatoms. The summed E-state index contributed by atoms with van der Waals surface area (Å²) >= 11 is 3.13. The number of carbonyl (C=O) groups is 2. The van der Waals surface area contributed by atoms with E-state index in [1.165, 1.54) is 30.0 Å². The number of amides is 2. The van der Waals surface area contributed by atoms with Gasteiger partial charge in [0, 0.05) is 30.6 Å². The summed E-state index contributed by atoms with van der Waals surface area (Å²) in [6.07, 6.45) is 5.54. The summed E-state index contributed by atoms with van der Waals surface area (Å²) in [6.45, 7) is 1.49. The van der Waals surface area contributed by atoms with E-state index >= 15 is 0 Å². The van der Waals surface area contributed by atoms with Gasteiger partial charge in [0.15, 0.2) is 5.17 Å². The fourth-order valence-corrected chi connectivity index (χ4v) is 6.89. The zero-order valence-corrected chi connectivity index (χ0v) is 20.3. The number of amidine groups is 1. The standard InChI is InChI=1S/C25H26N4O2S2/c1-16(30)26-17-12-14-18(15-13-17)27-25-29(19-8-4-3-5-9-19)23(31)22(33-25)24-28(2)20-10-6-7-11-21(20)32-24/h6-7,10-15,19H,3-5,8-9H2,1-2H3,(H,26,30)/b24-22-,27-25?. The second kappa shape index (κ2) is 9.27. The van der Waals surface area contributed by atoms with E-state index < -0.39 is 0 Å². The minimum Gasteiger partial charge on any atom is -0.337 e. The van der Waals surface area contributed by atoms with Crippen LogP contribution in [0.15, 0.2) is 68.4 Å². The molecule has 2 heterocycles. The first-order chi connectivity index (χ1) is 16.0. The van der Waals surface area contributed by atoms with Gasteiger partial charge in [-0.1, -0.05) is 43.2 Å². The van der Waals surface area contributed by atoms with E-state index in [0.29, 0.717) is 0 Å². The second-order valence-corrected chi connectivity index (χ2v) is 10.5. The van der Waals surface area contributed by atoms with Gasteiger partial charge in [0.2, 0.25) is 5.91 Å². The number of carbonyl (C=O) groups excluding carboxylic acids is 2. The van der Waals surface area contributed by atoms with Crippen LogP contribution in [0.25, 0.3) is 0 Å². The van der Waals surface area contributed by atoms with Gasteiger partial charge in [0.25, 0.3) is 5.91 Å². The Balaban J connectivity index is 1.50. The molecule has 6 nitrogen and oxygen atoms in total. The molecule has 2 amide bonds. The fraction of sp³-hybridized carbons (Fsp3) is 0.320. The van der Waals surface area contributed by atoms with Crippen molar-refractivity contribution < 1.29 is 9.59 Å². The van der Waals surface area contributed by atoms with Crippen LogP contribution in [0.2, 0.25) is 0 Å². The Morgan fingerprint density at radius 1 is 1.03 bits per heavy atom. The number of fused-ring (bicyclic) bond motifs is 1. The molecule has 0 aromatic heterocycles. The SMILES string of the molecule is CC(=O)Nc1ccc(N=C2S/C(=C3\Sc4ccccc4N3C)C(=O)N2C2CCCCC2)cc1. The lowest BCUT2D eigenvalue weighted by Gasteiger charge is -2.30. The van der Waals surface area contributed by atoms with E-state index in [0.717, 1.165) is 57.8 Å². The number of aliphatic imine (C=N–C) groups is 1. The highest BCUT2D eigenvalue weighted by Crippen LogP contribution is 2.50. The number of benzene rings is 2. The smallest absolute Gasteiger partial charge is 0.269 e. The van der Waals surface area contributed by atoms with Crippen molar-refractivity contribution in [3.05, 3.63) is 58.5 Å². The van der Waals surface area contributed by atoms with Crippen molar-refractivity contribution >= 4 is 57.6 Å². The zero-order valence-electron chi connectivity index (χ0n) is 18.7. The molecule has 3 aliphatic rings. The maximum atomic E-state index is 13.7. The summed E-state index contributed by atoms with van der Waals surface area (Å²) in [5, 5.41) is 4.49. The summed E-state index contributed by atoms with van der Waals surface area (Å²) in [5.41, 5.74) is 2.62. The lowest BCUT2D eigenvalue weighted by molar-refractivity contribution is -0.124. The van der Waals surface area contributed by atoms with Gasteiger partial charge in [-0.25, -0.2) is 4.99 Å². The molecule has 1 aliphatic carbocycles. The van der Waals surface area contributed by atoms with Gasteiger partial charge in [-0.15, -0.1) is 0 Å². The van der Waals surface area contributed by atoms with Gasteiger partial charge in [-0.05, 0) is 61.0 Å². The van der Waals surface area contributed by atoms with Crippen LogP contribution in [0.5, 0.6) is 0 Å². The number of nitrogens with zero attached hydrogens (tertiary/aromatic N) is 3. The molecule has 0 radical (unpaired) electrons. The van der Waals surface area contributed by atoms with Crippen molar-refractivity contribution in [3.8, 4) is 0 Å². The Hall–Kier alpha value is -2.71. The highest BCUT2D eigenvalue weighted by atomic mass is 32.2. The van der Waals surface area contributed by atoms with Crippen LogP contribution in [0.3, 0.4) is 0 Å². The largest absolute Gasteiger partial charge is 0.337 e. The maximum Gasteiger partial charge on any atom is 0.269 e. The molecule has 5 rings (SSSR count). The number of nitrogens with one attached hydrogen (secondary N) is 1. The van der Waals surface area contributed by atoms with Crippen molar-refractivity contribution in [1.29, 1.82) is 0 Å². The minimum atomic E-state index is -0.107. The first kappa shape index (κ1) is 22.1. The molecule has 0 unspecified atom stereocenters. The Kier molecular flexibility index (Phi) is 6.21. The van der Waals surface area contributed by atoms with Gasteiger partial charge in [-0.3, -0.25) is 14.5 Å². The molecule has 33 heavy (non-hydrogen) atoms. The average Bonchev–Trinajstić information content (AvgIpc) is 3.32. The highest BCUT2D eigenvalue weighted by molar-refractivity contribution is 8.19. The lowest BCUT2D eigenvalue weighted by atomic mass is 9.94. The number of thioether (sulfide) groups is 2. The normalized spacial score (nSPS) is 22.2. The number of rotatable bonds is 3. The molecule has 0 atom stereocenters. The molecule has 2 aliphatic heterocycles. The molecular formula is C25H26N4O2S2. The Morgan fingerprint density at radius 2 is 1.76 bits per heavy atom. The molecule has 2 fully saturated rings. The topological polar surface area (TPSA) is 65.0 Å². The summed E-state index contributed by atoms with van der Waals surface area (Å²) < 4.78 is 0. The molecular weight excluding hydrogens is 452 g/mol. The fourth-order valence-electron chi connectivity index (χ4n) is 4.49. The number of hydrogen-bond acceptors (Lipinski definition) is 6. The first-order valence-corrected chi connectivity index (χ1v) is 12.9. The summed E-state index contributed by atoms with van der Waals surface area (Å²) in [4.78, 5) is 35.9. The Morgan fingerprint density at radius 3 is 2.45 bits per heavy atom. The molecule has 2 aromatic carbocycles. The molecule has 0 spiro atoms. The first-order valence-electron chi connectivity index (χ1n) is 11.2. The summed E-state index contributed by atoms with van der Waals surface area (Å²) in [7, 11) is 2.02. The predicted octanol–water partition coefficient (Wildman–Crippen LogP) is 5.95. The van der Waals surface area contributed by atoms with Crippen LogP contribution < -0.4 is 10.2 Å². The van der Waals surface area contributed by atoms with Gasteiger partial charge in [0.05, 0.1) is 16.4 Å². The molecule has 1 N–H and O–H groups in total. The van der Waals surface area contributed by atoms with Crippen LogP contribution in [-0.2, 0) is 9.59 Å². The Labute approximate surface area is 202 Å². The van der Waals surface area contributed by atoms with Crippen LogP contribution in [-0.4, -0.2) is 35.0 Å². The van der Waals surface area contributed by atoms with Crippen molar-refractivity contribution in [1.82, 2.24) is 4.90 Å². The summed E-state index contributed by atoms with van der Waals surface area (Å²) in [6, 6.07) is 15.9. The zero-order chi connectivity index (χ0) is 22.9.